The fourth-order valence-corrected chi connectivity index (χ4v) is 1.45. The van der Waals surface area contributed by atoms with Crippen molar-refractivity contribution in [2.75, 3.05) is 28.2 Å². The molecule has 0 radical (unpaired) electrons. The molecular formula is C10H17N6O5P. The van der Waals surface area contributed by atoms with Crippen molar-refractivity contribution in [2.45, 2.75) is 0 Å². The topological polar surface area (TPSA) is 142 Å². The van der Waals surface area contributed by atoms with Crippen molar-refractivity contribution in [1.29, 1.82) is 0 Å². The number of rotatable bonds is 1. The Kier molecular flexibility index (Phi) is 5.94. The third kappa shape index (κ3) is 5.74. The summed E-state index contributed by atoms with van der Waals surface area (Å²) in [6.07, 6.45) is 1.68. The van der Waals surface area contributed by atoms with Crippen LogP contribution < -0.4 is 4.89 Å². The van der Waals surface area contributed by atoms with Gasteiger partial charge in [0.05, 0.1) is 0 Å². The first-order valence-corrected chi connectivity index (χ1v) is 7.45. The predicted molar refractivity (Wildman–Crippen MR) is 75.5 cm³/mol. The Balaban J connectivity index is 0.000000422. The number of fused-ring (bicyclic) bond motifs is 1. The maximum Gasteiger partial charge on any atom is 0.554 e. The minimum atomic E-state index is -4.89. The summed E-state index contributed by atoms with van der Waals surface area (Å²) in [5, 5.41) is 7.87. The van der Waals surface area contributed by atoms with E-state index in [2.05, 4.69) is 15.3 Å². The normalized spacial score (nSPS) is 10.7. The van der Waals surface area contributed by atoms with Gasteiger partial charge in [-0.1, -0.05) is 0 Å². The third-order valence-corrected chi connectivity index (χ3v) is 2.11. The molecule has 2 rings (SSSR count). The van der Waals surface area contributed by atoms with Crippen LogP contribution in [0.4, 0.5) is 4.53 Å². The van der Waals surface area contributed by atoms with E-state index in [0.717, 1.165) is 0 Å². The molecule has 0 spiro atoms. The van der Waals surface area contributed by atoms with Crippen LogP contribution in [0.5, 0.6) is 0 Å². The highest BCUT2D eigenvalue weighted by atomic mass is 31.2. The number of nitrogens with zero attached hydrogens (tertiary/aromatic N) is 6. The predicted octanol–water partition coefficient (Wildman–Crippen LogP) is -1.19. The van der Waals surface area contributed by atoms with Crippen molar-refractivity contribution in [2.24, 2.45) is 0 Å². The Bertz CT molecular complexity index is 676. The molecule has 122 valence electrons. The van der Waals surface area contributed by atoms with E-state index in [1.807, 2.05) is 50.1 Å². The first-order valence-electron chi connectivity index (χ1n) is 5.92. The van der Waals surface area contributed by atoms with E-state index < -0.39 is 7.82 Å². The zero-order valence-electron chi connectivity index (χ0n) is 12.5. The molecule has 11 nitrogen and oxygen atoms in total. The maximum atomic E-state index is 8.77. The molecule has 0 aliphatic carbocycles. The van der Waals surface area contributed by atoms with Crippen molar-refractivity contribution in [3.05, 3.63) is 18.3 Å². The number of carbonyl (C=O) groups excluding carboxylic acids is 1. The van der Waals surface area contributed by atoms with Gasteiger partial charge in [0, 0.05) is 39.6 Å². The number of hydrogen-bond donors (Lipinski definition) is 2. The molecule has 0 unspecified atom stereocenters. The molecule has 12 heteroatoms. The first-order chi connectivity index (χ1) is 10.1. The number of pyridine rings is 1. The lowest BCUT2D eigenvalue weighted by Gasteiger charge is -2.10. The number of phosphoric acid groups is 1. The van der Waals surface area contributed by atoms with E-state index >= 15 is 0 Å². The van der Waals surface area contributed by atoms with E-state index in [4.69, 9.17) is 23.8 Å². The SMILES string of the molecule is CN(C)C(=[O+]n1nnc2cccnc21)N(C)C.O=P([O-])(O)O. The summed E-state index contributed by atoms with van der Waals surface area (Å²) in [5.41, 5.74) is 1.29. The molecule has 0 aliphatic rings. The van der Waals surface area contributed by atoms with Gasteiger partial charge in [0.1, 0.15) is 5.52 Å². The molecule has 2 N–H and O–H groups in total. The fourth-order valence-electron chi connectivity index (χ4n) is 1.45. The summed E-state index contributed by atoms with van der Waals surface area (Å²) in [6.45, 7) is 0. The van der Waals surface area contributed by atoms with Gasteiger partial charge in [-0.25, -0.2) is 4.98 Å². The summed E-state index contributed by atoms with van der Waals surface area (Å²) in [7, 11) is 2.67. The van der Waals surface area contributed by atoms with Crippen LogP contribution in [0, 0.1) is 0 Å². The Hall–Kier alpha value is -2.07. The van der Waals surface area contributed by atoms with Gasteiger partial charge >= 0.3 is 6.03 Å². The van der Waals surface area contributed by atoms with Crippen LogP contribution in [0.25, 0.3) is 11.2 Å². The molecule has 0 saturated carbocycles. The Morgan fingerprint density at radius 2 is 1.86 bits per heavy atom. The van der Waals surface area contributed by atoms with Gasteiger partial charge in [0.15, 0.2) is 4.85 Å². The van der Waals surface area contributed by atoms with Crippen molar-refractivity contribution in [1.82, 2.24) is 29.9 Å². The minimum absolute atomic E-state index is 0.591. The van der Waals surface area contributed by atoms with E-state index in [1.165, 1.54) is 4.85 Å². The van der Waals surface area contributed by atoms with E-state index in [-0.39, 0.29) is 0 Å². The van der Waals surface area contributed by atoms with Crippen LogP contribution in [0.3, 0.4) is 0 Å². The maximum absolute atomic E-state index is 8.77. The highest BCUT2D eigenvalue weighted by Crippen LogP contribution is 2.19. The average Bonchev–Trinajstić information content (AvgIpc) is 2.76. The molecule has 22 heavy (non-hydrogen) atoms. The van der Waals surface area contributed by atoms with E-state index in [9.17, 15) is 0 Å². The van der Waals surface area contributed by atoms with Gasteiger partial charge in [-0.2, -0.15) is 0 Å². The molecule has 0 atom stereocenters. The van der Waals surface area contributed by atoms with Crippen LogP contribution in [-0.2, 0) is 4.57 Å². The second-order valence-electron chi connectivity index (χ2n) is 4.46. The molecule has 2 aromatic rings. The van der Waals surface area contributed by atoms with Crippen LogP contribution >= 0.6 is 7.82 Å². The number of amides is 2. The Labute approximate surface area is 126 Å². The van der Waals surface area contributed by atoms with Crippen LogP contribution in [0.1, 0.15) is 0 Å². The fraction of sp³-hybridized carbons (Fsp3) is 0.400. The van der Waals surface area contributed by atoms with Crippen LogP contribution in [-0.4, -0.2) is 73.9 Å². The van der Waals surface area contributed by atoms with E-state index in [1.54, 1.807) is 6.20 Å². The molecule has 2 amide bonds. The smallest absolute Gasteiger partial charge is 0.554 e. The van der Waals surface area contributed by atoms with Crippen molar-refractivity contribution in [3.8, 4) is 0 Å². The third-order valence-electron chi connectivity index (χ3n) is 2.11. The highest BCUT2D eigenvalue weighted by Gasteiger charge is 2.23. The molecule has 0 bridgehead atoms. The number of urea groups is 1. The lowest BCUT2D eigenvalue weighted by Crippen LogP contribution is -2.35. The molecule has 2 heterocycles. The number of aromatic nitrogens is 4. The zero-order chi connectivity index (χ0) is 16.9. The van der Waals surface area contributed by atoms with Crippen molar-refractivity contribution >= 4 is 25.0 Å². The summed E-state index contributed by atoms with van der Waals surface area (Å²) in [5.74, 6) is 0. The van der Waals surface area contributed by atoms with Crippen molar-refractivity contribution in [3.63, 3.8) is 0 Å². The highest BCUT2D eigenvalue weighted by molar-refractivity contribution is 7.43. The molecule has 0 fully saturated rings. The Morgan fingerprint density at radius 1 is 1.32 bits per heavy atom. The second-order valence-corrected chi connectivity index (χ2v) is 5.44. The first kappa shape index (κ1) is 18.0. The van der Waals surface area contributed by atoms with E-state index in [0.29, 0.717) is 17.2 Å². The van der Waals surface area contributed by atoms with Gasteiger partial charge < -0.3 is 14.7 Å². The summed E-state index contributed by atoms with van der Waals surface area (Å²) < 4.78 is 14.4. The van der Waals surface area contributed by atoms with Gasteiger partial charge in [0.2, 0.25) is 0 Å². The summed E-state index contributed by atoms with van der Waals surface area (Å²) >= 11 is 0. The summed E-state index contributed by atoms with van der Waals surface area (Å²) in [4.78, 5) is 32.1. The molecule has 2 aromatic heterocycles. The lowest BCUT2D eigenvalue weighted by molar-refractivity contribution is -0.245. The van der Waals surface area contributed by atoms with Crippen LogP contribution in [0.15, 0.2) is 18.3 Å². The number of hydrogen-bond acceptors (Lipinski definition) is 5. The van der Waals surface area contributed by atoms with Gasteiger partial charge in [-0.05, 0) is 16.7 Å². The average molecular weight is 332 g/mol. The minimum Gasteiger partial charge on any atom is -0.756 e. The quantitative estimate of drug-likeness (QED) is 0.494. The standard InChI is InChI=1S/C10H15N6O.H3O4P/c1-14(2)10(15(3)4)17-16-9-8(12-13-16)6-5-7-11-9;1-5(2,3)4/h5-7H,1-4H3;(H3,1,2,3,4)/q+1;/p-1. The lowest BCUT2D eigenvalue weighted by atomic mass is 10.4. The molecular weight excluding hydrogens is 315 g/mol. The molecule has 0 aliphatic heterocycles. The molecule has 0 aromatic carbocycles. The van der Waals surface area contributed by atoms with Gasteiger partial charge in [-0.3, -0.25) is 14.4 Å². The monoisotopic (exact) mass is 332 g/mol. The zero-order valence-corrected chi connectivity index (χ0v) is 13.4. The Morgan fingerprint density at radius 3 is 2.36 bits per heavy atom. The van der Waals surface area contributed by atoms with Gasteiger partial charge in [0.25, 0.3) is 13.5 Å². The summed E-state index contributed by atoms with van der Waals surface area (Å²) in [6, 6.07) is 4.28. The van der Waals surface area contributed by atoms with Gasteiger partial charge in [-0.15, -0.1) is 5.10 Å². The van der Waals surface area contributed by atoms with Crippen molar-refractivity contribution < 1.29 is 23.8 Å². The second kappa shape index (κ2) is 7.27. The molecule has 0 saturated heterocycles. The largest absolute Gasteiger partial charge is 0.756 e. The van der Waals surface area contributed by atoms with Crippen LogP contribution in [0.2, 0.25) is 0 Å².